The molecule has 9 heteroatoms. The minimum absolute atomic E-state index is 0.359. The molecule has 0 radical (unpaired) electrons. The smallest absolute Gasteiger partial charge is 0.218 e. The van der Waals surface area contributed by atoms with Crippen LogP contribution in [0.2, 0.25) is 5.15 Å². The topological polar surface area (TPSA) is 96.4 Å². The van der Waals surface area contributed by atoms with Crippen LogP contribution in [0.25, 0.3) is 44.9 Å². The van der Waals surface area contributed by atoms with Gasteiger partial charge in [0.25, 0.3) is 0 Å². The van der Waals surface area contributed by atoms with Crippen LogP contribution in [0.4, 0.5) is 0 Å². The minimum Gasteiger partial charge on any atom is -0.299 e. The number of nitrogens with zero attached hydrogens (tertiary/aromatic N) is 7. The van der Waals surface area contributed by atoms with Gasteiger partial charge in [0.2, 0.25) is 5.82 Å². The second-order valence-electron chi connectivity index (χ2n) is 10.3. The summed E-state index contributed by atoms with van der Waals surface area (Å²) in [6, 6.07) is 24.9. The fraction of sp³-hybridized carbons (Fsp3) is 0.188. The summed E-state index contributed by atoms with van der Waals surface area (Å²) in [7, 11) is 0. The molecule has 5 heterocycles. The number of likely N-dealkylation sites (tertiary alicyclic amines) is 1. The average molecular weight is 559 g/mol. The summed E-state index contributed by atoms with van der Waals surface area (Å²) < 4.78 is 0. The standard InChI is InChI=1S/C32H27ClN8/c33-29-26-19-25(22-5-2-1-3-6-22)28(37-27(26)11-16-34-29)23-9-7-21(8-10-23)20-41-17-12-24(13-18-41)30-38-32(40-39-30)31-35-14-4-15-36-31/h1-11,14-16,19,24H,12-13,17-18,20H2,(H,38,39,40). The molecule has 4 aromatic heterocycles. The molecule has 0 atom stereocenters. The summed E-state index contributed by atoms with van der Waals surface area (Å²) in [4.78, 5) is 25.0. The minimum atomic E-state index is 0.359. The van der Waals surface area contributed by atoms with E-state index in [0.717, 1.165) is 71.6 Å². The van der Waals surface area contributed by atoms with Crippen molar-refractivity contribution in [3.63, 3.8) is 0 Å². The molecule has 0 spiro atoms. The summed E-state index contributed by atoms with van der Waals surface area (Å²) >= 11 is 6.43. The highest BCUT2D eigenvalue weighted by molar-refractivity contribution is 6.34. The molecule has 1 aliphatic rings. The predicted octanol–water partition coefficient (Wildman–Crippen LogP) is 6.57. The van der Waals surface area contributed by atoms with Crippen molar-refractivity contribution in [2.45, 2.75) is 25.3 Å². The van der Waals surface area contributed by atoms with E-state index in [0.29, 0.717) is 22.7 Å². The largest absolute Gasteiger partial charge is 0.299 e. The van der Waals surface area contributed by atoms with Gasteiger partial charge in [-0.15, -0.1) is 5.10 Å². The Balaban J connectivity index is 1.06. The van der Waals surface area contributed by atoms with Gasteiger partial charge in [-0.25, -0.2) is 24.9 Å². The molecule has 0 saturated carbocycles. The fourth-order valence-corrected chi connectivity index (χ4v) is 5.69. The van der Waals surface area contributed by atoms with Crippen LogP contribution in [0.15, 0.2) is 91.4 Å². The molecule has 1 aliphatic heterocycles. The maximum absolute atomic E-state index is 6.43. The average Bonchev–Trinajstić information content (AvgIpc) is 3.53. The zero-order chi connectivity index (χ0) is 27.6. The zero-order valence-electron chi connectivity index (χ0n) is 22.3. The Hall–Kier alpha value is -4.53. The van der Waals surface area contributed by atoms with Crippen molar-refractivity contribution >= 4 is 22.5 Å². The number of aromatic amines is 1. The second-order valence-corrected chi connectivity index (χ2v) is 10.6. The van der Waals surface area contributed by atoms with Crippen LogP contribution >= 0.6 is 11.6 Å². The maximum atomic E-state index is 6.43. The van der Waals surface area contributed by atoms with Crippen molar-refractivity contribution in [3.8, 4) is 34.0 Å². The summed E-state index contributed by atoms with van der Waals surface area (Å²) in [5, 5.41) is 8.77. The number of fused-ring (bicyclic) bond motifs is 1. The lowest BCUT2D eigenvalue weighted by molar-refractivity contribution is 0.202. The summed E-state index contributed by atoms with van der Waals surface area (Å²) in [5.41, 5.74) is 6.26. The first-order valence-corrected chi connectivity index (χ1v) is 14.1. The van der Waals surface area contributed by atoms with E-state index in [4.69, 9.17) is 16.6 Å². The van der Waals surface area contributed by atoms with E-state index in [1.54, 1.807) is 24.7 Å². The Bertz CT molecular complexity index is 1780. The molecular formula is C32H27ClN8. The number of pyridine rings is 2. The molecule has 1 saturated heterocycles. The number of halogens is 1. The number of rotatable bonds is 6. The lowest BCUT2D eigenvalue weighted by Gasteiger charge is -2.31. The Kier molecular flexibility index (Phi) is 6.92. The van der Waals surface area contributed by atoms with E-state index in [1.165, 1.54) is 5.56 Å². The van der Waals surface area contributed by atoms with Crippen LogP contribution in [0.5, 0.6) is 0 Å². The van der Waals surface area contributed by atoms with Gasteiger partial charge in [0.05, 0.1) is 11.2 Å². The highest BCUT2D eigenvalue weighted by Gasteiger charge is 2.24. The molecule has 0 amide bonds. The molecule has 202 valence electrons. The molecule has 2 aromatic carbocycles. The molecule has 41 heavy (non-hydrogen) atoms. The lowest BCUT2D eigenvalue weighted by Crippen LogP contribution is -2.32. The Morgan fingerprint density at radius 1 is 0.780 bits per heavy atom. The molecule has 7 rings (SSSR count). The lowest BCUT2D eigenvalue weighted by atomic mass is 9.95. The predicted molar refractivity (Wildman–Crippen MR) is 160 cm³/mol. The number of H-pyrrole nitrogens is 1. The first-order chi connectivity index (χ1) is 20.2. The molecule has 0 aliphatic carbocycles. The summed E-state index contributed by atoms with van der Waals surface area (Å²) in [5.74, 6) is 2.38. The molecule has 1 fully saturated rings. The van der Waals surface area contributed by atoms with Gasteiger partial charge in [0.15, 0.2) is 5.82 Å². The number of nitrogens with one attached hydrogen (secondary N) is 1. The van der Waals surface area contributed by atoms with Gasteiger partial charge < -0.3 is 0 Å². The van der Waals surface area contributed by atoms with Crippen molar-refractivity contribution in [1.29, 1.82) is 0 Å². The van der Waals surface area contributed by atoms with E-state index >= 15 is 0 Å². The second kappa shape index (κ2) is 11.2. The van der Waals surface area contributed by atoms with E-state index in [2.05, 4.69) is 77.5 Å². The van der Waals surface area contributed by atoms with Crippen LogP contribution in [-0.4, -0.2) is 53.1 Å². The van der Waals surface area contributed by atoms with E-state index < -0.39 is 0 Å². The van der Waals surface area contributed by atoms with E-state index in [-0.39, 0.29) is 0 Å². The first kappa shape index (κ1) is 25.4. The Morgan fingerprint density at radius 2 is 1.56 bits per heavy atom. The van der Waals surface area contributed by atoms with Crippen LogP contribution in [0, 0.1) is 0 Å². The Labute approximate surface area is 242 Å². The van der Waals surface area contributed by atoms with Gasteiger partial charge in [-0.1, -0.05) is 66.2 Å². The third kappa shape index (κ3) is 5.31. The highest BCUT2D eigenvalue weighted by Crippen LogP contribution is 2.35. The van der Waals surface area contributed by atoms with Gasteiger partial charge in [0.1, 0.15) is 11.0 Å². The van der Waals surface area contributed by atoms with Crippen LogP contribution in [0.3, 0.4) is 0 Å². The van der Waals surface area contributed by atoms with Crippen LogP contribution < -0.4 is 0 Å². The normalized spacial score (nSPS) is 14.5. The van der Waals surface area contributed by atoms with Crippen molar-refractivity contribution < 1.29 is 0 Å². The van der Waals surface area contributed by atoms with Crippen molar-refractivity contribution in [2.24, 2.45) is 0 Å². The van der Waals surface area contributed by atoms with E-state index in [9.17, 15) is 0 Å². The van der Waals surface area contributed by atoms with Crippen LogP contribution in [0.1, 0.15) is 30.1 Å². The third-order valence-electron chi connectivity index (χ3n) is 7.66. The first-order valence-electron chi connectivity index (χ1n) is 13.7. The number of hydrogen-bond acceptors (Lipinski definition) is 7. The Morgan fingerprint density at radius 3 is 2.34 bits per heavy atom. The van der Waals surface area contributed by atoms with E-state index in [1.807, 2.05) is 24.3 Å². The summed E-state index contributed by atoms with van der Waals surface area (Å²) in [6.07, 6.45) is 7.17. The third-order valence-corrected chi connectivity index (χ3v) is 7.96. The monoisotopic (exact) mass is 558 g/mol. The molecule has 1 N–H and O–H groups in total. The zero-order valence-corrected chi connectivity index (χ0v) is 23.0. The maximum Gasteiger partial charge on any atom is 0.218 e. The molecule has 8 nitrogen and oxygen atoms in total. The molecule has 6 aromatic rings. The number of hydrogen-bond donors (Lipinski definition) is 1. The van der Waals surface area contributed by atoms with Gasteiger partial charge in [0, 0.05) is 47.6 Å². The fourth-order valence-electron chi connectivity index (χ4n) is 5.48. The van der Waals surface area contributed by atoms with Gasteiger partial charge in [-0.05, 0) is 55.3 Å². The molecular weight excluding hydrogens is 532 g/mol. The SMILES string of the molecule is Clc1nccc2nc(-c3ccc(CN4CCC(c5nc(-c6ncccn6)n[nH]5)CC4)cc3)c(-c3ccccc3)cc12. The number of benzene rings is 2. The number of aromatic nitrogens is 7. The highest BCUT2D eigenvalue weighted by atomic mass is 35.5. The van der Waals surface area contributed by atoms with Crippen molar-refractivity contribution in [1.82, 2.24) is 40.0 Å². The number of piperidine rings is 1. The van der Waals surface area contributed by atoms with Gasteiger partial charge >= 0.3 is 0 Å². The van der Waals surface area contributed by atoms with Crippen molar-refractivity contribution in [2.75, 3.05) is 13.1 Å². The van der Waals surface area contributed by atoms with Gasteiger partial charge in [-0.2, -0.15) is 0 Å². The quantitative estimate of drug-likeness (QED) is 0.231. The molecule has 0 unspecified atom stereocenters. The van der Waals surface area contributed by atoms with Crippen LogP contribution in [-0.2, 0) is 6.54 Å². The molecule has 0 bridgehead atoms. The summed E-state index contributed by atoms with van der Waals surface area (Å²) in [6.45, 7) is 2.91. The van der Waals surface area contributed by atoms with Gasteiger partial charge in [-0.3, -0.25) is 10.00 Å². The van der Waals surface area contributed by atoms with Crippen molar-refractivity contribution in [3.05, 3.63) is 108 Å².